The van der Waals surface area contributed by atoms with E-state index in [4.69, 9.17) is 11.6 Å². The molecule has 0 saturated heterocycles. The van der Waals surface area contributed by atoms with Gasteiger partial charge in [0.2, 0.25) is 0 Å². The normalized spacial score (nSPS) is 16.0. The molecule has 0 heterocycles. The molecule has 0 amide bonds. The van der Waals surface area contributed by atoms with E-state index in [-0.39, 0.29) is 11.5 Å². The van der Waals surface area contributed by atoms with Crippen molar-refractivity contribution in [2.75, 3.05) is 0 Å². The van der Waals surface area contributed by atoms with Gasteiger partial charge in [0.15, 0.2) is 5.78 Å². The van der Waals surface area contributed by atoms with Crippen molar-refractivity contribution >= 4 is 23.0 Å². The van der Waals surface area contributed by atoms with E-state index >= 15 is 0 Å². The van der Waals surface area contributed by atoms with Crippen molar-refractivity contribution in [3.63, 3.8) is 0 Å². The standard InChI is InChI=1S/C19H25ClO2/c1-2-3-4-5-6-7-8-9-17(21)19-16-11-10-15(20)12-14(16)13-18(19)22/h10-12,21H,2-9,13H2,1H3. The number of allylic oxidation sites excluding steroid dienone is 2. The van der Waals surface area contributed by atoms with E-state index < -0.39 is 0 Å². The minimum Gasteiger partial charge on any atom is -0.512 e. The van der Waals surface area contributed by atoms with Crippen molar-refractivity contribution in [3.8, 4) is 0 Å². The molecule has 3 heteroatoms. The van der Waals surface area contributed by atoms with Gasteiger partial charge in [-0.2, -0.15) is 0 Å². The highest BCUT2D eigenvalue weighted by atomic mass is 35.5. The van der Waals surface area contributed by atoms with Gasteiger partial charge in [-0.15, -0.1) is 0 Å². The Morgan fingerprint density at radius 2 is 1.82 bits per heavy atom. The Bertz CT molecular complexity index is 561. The van der Waals surface area contributed by atoms with Crippen LogP contribution in [-0.2, 0) is 11.2 Å². The summed E-state index contributed by atoms with van der Waals surface area (Å²) in [5.74, 6) is 0.261. The maximum Gasteiger partial charge on any atom is 0.171 e. The van der Waals surface area contributed by atoms with Gasteiger partial charge in [0.25, 0.3) is 0 Å². The number of rotatable bonds is 8. The molecule has 0 fully saturated rings. The first-order valence-corrected chi connectivity index (χ1v) is 8.75. The van der Waals surface area contributed by atoms with Crippen molar-refractivity contribution in [2.24, 2.45) is 0 Å². The van der Waals surface area contributed by atoms with Crippen molar-refractivity contribution in [3.05, 3.63) is 40.1 Å². The second-order valence-corrected chi connectivity index (χ2v) is 6.53. The smallest absolute Gasteiger partial charge is 0.171 e. The van der Waals surface area contributed by atoms with Gasteiger partial charge in [0, 0.05) is 17.9 Å². The second kappa shape index (κ2) is 8.38. The fraction of sp³-hybridized carbons (Fsp3) is 0.526. The number of Topliss-reactive ketones (excluding diaryl/α,β-unsaturated/α-hetero) is 1. The number of benzene rings is 1. The molecule has 22 heavy (non-hydrogen) atoms. The molecule has 1 aromatic rings. The third-order valence-corrected chi connectivity index (χ3v) is 4.51. The molecule has 0 aromatic heterocycles. The third-order valence-electron chi connectivity index (χ3n) is 4.27. The molecule has 0 unspecified atom stereocenters. The number of carbonyl (C=O) groups is 1. The Hall–Kier alpha value is -1.28. The largest absolute Gasteiger partial charge is 0.512 e. The lowest BCUT2D eigenvalue weighted by molar-refractivity contribution is -0.112. The topological polar surface area (TPSA) is 37.3 Å². The molecule has 0 aliphatic heterocycles. The average Bonchev–Trinajstić information content (AvgIpc) is 2.81. The summed E-state index contributed by atoms with van der Waals surface area (Å²) in [6, 6.07) is 5.45. The molecule has 1 aliphatic rings. The van der Waals surface area contributed by atoms with Gasteiger partial charge in [-0.25, -0.2) is 0 Å². The molecule has 0 radical (unpaired) electrons. The Morgan fingerprint density at radius 1 is 1.14 bits per heavy atom. The van der Waals surface area contributed by atoms with E-state index in [0.29, 0.717) is 23.4 Å². The highest BCUT2D eigenvalue weighted by molar-refractivity contribution is 6.31. The predicted molar refractivity (Wildman–Crippen MR) is 92.3 cm³/mol. The molecule has 0 atom stereocenters. The van der Waals surface area contributed by atoms with Crippen LogP contribution < -0.4 is 0 Å². The fourth-order valence-corrected chi connectivity index (χ4v) is 3.25. The van der Waals surface area contributed by atoms with Gasteiger partial charge in [-0.1, -0.05) is 63.1 Å². The van der Waals surface area contributed by atoms with Crippen LogP contribution >= 0.6 is 11.6 Å². The Labute approximate surface area is 138 Å². The van der Waals surface area contributed by atoms with Gasteiger partial charge >= 0.3 is 0 Å². The van der Waals surface area contributed by atoms with Crippen LogP contribution in [0, 0.1) is 0 Å². The Balaban J connectivity index is 1.89. The van der Waals surface area contributed by atoms with E-state index in [1.807, 2.05) is 12.1 Å². The van der Waals surface area contributed by atoms with Crippen LogP contribution in [0.4, 0.5) is 0 Å². The van der Waals surface area contributed by atoms with Crippen LogP contribution in [0.15, 0.2) is 24.0 Å². The fourth-order valence-electron chi connectivity index (χ4n) is 3.05. The van der Waals surface area contributed by atoms with E-state index in [2.05, 4.69) is 6.92 Å². The molecule has 0 saturated carbocycles. The maximum atomic E-state index is 12.1. The van der Waals surface area contributed by atoms with Crippen LogP contribution in [0.3, 0.4) is 0 Å². The van der Waals surface area contributed by atoms with Crippen molar-refractivity contribution < 1.29 is 9.90 Å². The van der Waals surface area contributed by atoms with E-state index in [1.54, 1.807) is 6.07 Å². The lowest BCUT2D eigenvalue weighted by Gasteiger charge is -2.06. The summed E-state index contributed by atoms with van der Waals surface area (Å²) in [5.41, 5.74) is 2.30. The zero-order valence-electron chi connectivity index (χ0n) is 13.3. The highest BCUT2D eigenvalue weighted by Gasteiger charge is 2.27. The van der Waals surface area contributed by atoms with E-state index in [9.17, 15) is 9.90 Å². The third kappa shape index (κ3) is 4.36. The molecule has 1 aromatic carbocycles. The zero-order valence-corrected chi connectivity index (χ0v) is 14.1. The minimum absolute atomic E-state index is 0.0118. The number of hydrogen-bond acceptors (Lipinski definition) is 2. The maximum absolute atomic E-state index is 12.1. The minimum atomic E-state index is 0.0118. The molecular formula is C19H25ClO2. The first-order chi connectivity index (χ1) is 10.6. The molecule has 0 spiro atoms. The number of hydrogen-bond donors (Lipinski definition) is 1. The number of ketones is 1. The SMILES string of the molecule is CCCCCCCCCC(O)=C1C(=O)Cc2cc(Cl)ccc21. The van der Waals surface area contributed by atoms with E-state index in [0.717, 1.165) is 24.0 Å². The molecule has 120 valence electrons. The van der Waals surface area contributed by atoms with Crippen LogP contribution in [-0.4, -0.2) is 10.9 Å². The predicted octanol–water partition coefficient (Wildman–Crippen LogP) is 5.88. The summed E-state index contributed by atoms with van der Waals surface area (Å²) in [5, 5.41) is 10.9. The molecule has 1 N–H and O–H groups in total. The number of aliphatic hydroxyl groups excluding tert-OH is 1. The molecule has 0 bridgehead atoms. The van der Waals surface area contributed by atoms with Crippen LogP contribution in [0.2, 0.25) is 5.02 Å². The molecule has 1 aliphatic carbocycles. The van der Waals surface area contributed by atoms with Gasteiger partial charge in [0.05, 0.1) is 5.57 Å². The van der Waals surface area contributed by atoms with Crippen molar-refractivity contribution in [1.82, 2.24) is 0 Å². The molecule has 2 nitrogen and oxygen atoms in total. The van der Waals surface area contributed by atoms with E-state index in [1.165, 1.54) is 32.1 Å². The molecular weight excluding hydrogens is 296 g/mol. The van der Waals surface area contributed by atoms with Gasteiger partial charge < -0.3 is 5.11 Å². The zero-order chi connectivity index (χ0) is 15.9. The summed E-state index contributed by atoms with van der Waals surface area (Å²) in [7, 11) is 0. The summed E-state index contributed by atoms with van der Waals surface area (Å²) in [4.78, 5) is 12.1. The van der Waals surface area contributed by atoms with Gasteiger partial charge in [0.1, 0.15) is 5.76 Å². The second-order valence-electron chi connectivity index (χ2n) is 6.09. The lowest BCUT2D eigenvalue weighted by Crippen LogP contribution is -1.99. The summed E-state index contributed by atoms with van der Waals surface area (Å²) in [6.07, 6.45) is 9.36. The summed E-state index contributed by atoms with van der Waals surface area (Å²) >= 11 is 5.96. The van der Waals surface area contributed by atoms with Gasteiger partial charge in [-0.05, 0) is 29.7 Å². The highest BCUT2D eigenvalue weighted by Crippen LogP contribution is 2.34. The molecule has 2 rings (SSSR count). The first-order valence-electron chi connectivity index (χ1n) is 8.37. The lowest BCUT2D eigenvalue weighted by atomic mass is 10.0. The number of fused-ring (bicyclic) bond motifs is 1. The Kier molecular flexibility index (Phi) is 6.50. The average molecular weight is 321 g/mol. The quantitative estimate of drug-likeness (QED) is 0.369. The van der Waals surface area contributed by atoms with Crippen molar-refractivity contribution in [1.29, 1.82) is 0 Å². The Morgan fingerprint density at radius 3 is 2.55 bits per heavy atom. The van der Waals surface area contributed by atoms with Gasteiger partial charge in [-0.3, -0.25) is 4.79 Å². The number of aliphatic hydroxyl groups is 1. The first kappa shape index (κ1) is 17.1. The number of halogens is 1. The summed E-state index contributed by atoms with van der Waals surface area (Å²) in [6.45, 7) is 2.22. The summed E-state index contributed by atoms with van der Waals surface area (Å²) < 4.78 is 0. The van der Waals surface area contributed by atoms with Crippen LogP contribution in [0.1, 0.15) is 69.4 Å². The van der Waals surface area contributed by atoms with Crippen molar-refractivity contribution in [2.45, 2.75) is 64.7 Å². The number of carbonyl (C=O) groups excluding carboxylic acids is 1. The monoisotopic (exact) mass is 320 g/mol. The van der Waals surface area contributed by atoms with Crippen LogP contribution in [0.5, 0.6) is 0 Å². The number of unbranched alkanes of at least 4 members (excludes halogenated alkanes) is 6. The van der Waals surface area contributed by atoms with Crippen LogP contribution in [0.25, 0.3) is 5.57 Å².